The van der Waals surface area contributed by atoms with Gasteiger partial charge in [0, 0.05) is 12.4 Å². The molecular weight excluding hydrogens is 254 g/mol. The highest BCUT2D eigenvalue weighted by Gasteiger charge is 2.17. The van der Waals surface area contributed by atoms with Gasteiger partial charge < -0.3 is 10.2 Å². The number of phenolic OH excluding ortho intramolecular Hbond substituents is 1. The van der Waals surface area contributed by atoms with Gasteiger partial charge in [-0.2, -0.15) is 0 Å². The molecule has 1 heterocycles. The lowest BCUT2D eigenvalue weighted by Gasteiger charge is -2.11. The van der Waals surface area contributed by atoms with Gasteiger partial charge in [-0.1, -0.05) is 19.1 Å². The van der Waals surface area contributed by atoms with E-state index in [9.17, 15) is 15.0 Å². The highest BCUT2D eigenvalue weighted by molar-refractivity contribution is 6.23. The van der Waals surface area contributed by atoms with Crippen molar-refractivity contribution in [2.75, 3.05) is 0 Å². The number of hydrogen-bond donors (Lipinski definition) is 2. The van der Waals surface area contributed by atoms with E-state index in [1.54, 1.807) is 36.7 Å². The van der Waals surface area contributed by atoms with Crippen LogP contribution in [0.5, 0.6) is 5.75 Å². The molecule has 2 rings (SSSR count). The van der Waals surface area contributed by atoms with Crippen molar-refractivity contribution in [1.29, 1.82) is 0 Å². The van der Waals surface area contributed by atoms with E-state index in [4.69, 9.17) is 0 Å². The minimum Gasteiger partial charge on any atom is -0.508 e. The third kappa shape index (κ3) is 2.85. The normalized spacial score (nSPS) is 11.8. The highest BCUT2D eigenvalue weighted by Crippen LogP contribution is 2.29. The molecule has 0 aliphatic rings. The molecular formula is C16H15NO3. The number of allylic oxidation sites excluding steroid dienone is 1. The monoisotopic (exact) mass is 269 g/mol. The van der Waals surface area contributed by atoms with Crippen LogP contribution in [0.15, 0.2) is 48.8 Å². The van der Waals surface area contributed by atoms with Crippen molar-refractivity contribution in [3.63, 3.8) is 0 Å². The van der Waals surface area contributed by atoms with Gasteiger partial charge in [-0.25, -0.2) is 4.79 Å². The maximum Gasteiger partial charge on any atom is 0.336 e. The summed E-state index contributed by atoms with van der Waals surface area (Å²) in [5.74, 6) is -0.871. The van der Waals surface area contributed by atoms with E-state index in [1.807, 2.05) is 6.92 Å². The summed E-state index contributed by atoms with van der Waals surface area (Å²) in [7, 11) is 0. The summed E-state index contributed by atoms with van der Waals surface area (Å²) in [4.78, 5) is 15.6. The Kier molecular flexibility index (Phi) is 4.15. The van der Waals surface area contributed by atoms with E-state index in [0.717, 1.165) is 11.1 Å². The van der Waals surface area contributed by atoms with Crippen molar-refractivity contribution in [3.8, 4) is 5.75 Å². The molecule has 2 N–H and O–H groups in total. The Morgan fingerprint density at radius 1 is 1.05 bits per heavy atom. The van der Waals surface area contributed by atoms with Crippen LogP contribution < -0.4 is 0 Å². The minimum atomic E-state index is -0.982. The van der Waals surface area contributed by atoms with Crippen molar-refractivity contribution < 1.29 is 15.0 Å². The summed E-state index contributed by atoms with van der Waals surface area (Å²) in [6.45, 7) is 1.92. The number of hydrogen-bond acceptors (Lipinski definition) is 3. The number of carboxylic acids is 1. The zero-order chi connectivity index (χ0) is 14.5. The van der Waals surface area contributed by atoms with Gasteiger partial charge in [0.05, 0.1) is 5.57 Å². The molecule has 0 spiro atoms. The van der Waals surface area contributed by atoms with E-state index in [0.29, 0.717) is 12.0 Å². The van der Waals surface area contributed by atoms with Crippen LogP contribution in [0.3, 0.4) is 0 Å². The standard InChI is InChI=1S/C16H15NO3/c1-2-14(11-7-9-17-10-8-11)15(16(19)20)12-3-5-13(18)6-4-12/h3-10,18H,2H2,1H3,(H,19,20). The molecule has 0 bridgehead atoms. The first-order chi connectivity index (χ1) is 9.63. The summed E-state index contributed by atoms with van der Waals surface area (Å²) in [5, 5.41) is 18.8. The quantitative estimate of drug-likeness (QED) is 0.836. The molecule has 1 aromatic heterocycles. The molecule has 0 fully saturated rings. The Balaban J connectivity index is 2.63. The SMILES string of the molecule is CCC(=C(C(=O)O)c1ccc(O)cc1)c1ccncc1. The zero-order valence-electron chi connectivity index (χ0n) is 11.1. The number of benzene rings is 1. The Morgan fingerprint density at radius 3 is 2.15 bits per heavy atom. The molecule has 0 saturated carbocycles. The van der Waals surface area contributed by atoms with Gasteiger partial charge in [0.2, 0.25) is 0 Å². The molecule has 2 aromatic rings. The molecule has 0 radical (unpaired) electrons. The molecule has 20 heavy (non-hydrogen) atoms. The summed E-state index contributed by atoms with van der Waals surface area (Å²) in [5.41, 5.74) is 2.40. The number of rotatable bonds is 4. The summed E-state index contributed by atoms with van der Waals surface area (Å²) >= 11 is 0. The maximum absolute atomic E-state index is 11.6. The molecule has 4 nitrogen and oxygen atoms in total. The fourth-order valence-corrected chi connectivity index (χ4v) is 2.13. The average Bonchev–Trinajstić information content (AvgIpc) is 2.46. The van der Waals surface area contributed by atoms with Gasteiger partial charge in [0.25, 0.3) is 0 Å². The molecule has 0 saturated heterocycles. The Hall–Kier alpha value is -2.62. The average molecular weight is 269 g/mol. The van der Waals surface area contributed by atoms with E-state index in [-0.39, 0.29) is 11.3 Å². The lowest BCUT2D eigenvalue weighted by Crippen LogP contribution is -2.03. The second-order valence-corrected chi connectivity index (χ2v) is 4.30. The van der Waals surface area contributed by atoms with Crippen LogP contribution in [0.2, 0.25) is 0 Å². The van der Waals surface area contributed by atoms with Crippen LogP contribution in [-0.4, -0.2) is 21.2 Å². The van der Waals surface area contributed by atoms with Crippen molar-refractivity contribution >= 4 is 17.1 Å². The van der Waals surface area contributed by atoms with Gasteiger partial charge >= 0.3 is 5.97 Å². The van der Waals surface area contributed by atoms with Gasteiger partial charge in [-0.15, -0.1) is 0 Å². The number of pyridine rings is 1. The van der Waals surface area contributed by atoms with Gasteiger partial charge in [-0.05, 0) is 47.4 Å². The van der Waals surface area contributed by atoms with E-state index in [2.05, 4.69) is 4.98 Å². The number of phenols is 1. The van der Waals surface area contributed by atoms with E-state index >= 15 is 0 Å². The number of nitrogens with zero attached hydrogens (tertiary/aromatic N) is 1. The summed E-state index contributed by atoms with van der Waals surface area (Å²) in [6.07, 6.45) is 3.87. The van der Waals surface area contributed by atoms with Crippen molar-refractivity contribution in [3.05, 3.63) is 59.9 Å². The number of aromatic nitrogens is 1. The Bertz CT molecular complexity index is 631. The van der Waals surface area contributed by atoms with Crippen LogP contribution in [-0.2, 0) is 4.79 Å². The van der Waals surface area contributed by atoms with E-state index < -0.39 is 5.97 Å². The molecule has 0 aliphatic heterocycles. The Labute approximate surface area is 117 Å². The Morgan fingerprint density at radius 2 is 1.65 bits per heavy atom. The van der Waals surface area contributed by atoms with Crippen LogP contribution in [0.1, 0.15) is 24.5 Å². The predicted octanol–water partition coefficient (Wildman–Crippen LogP) is 3.19. The van der Waals surface area contributed by atoms with Gasteiger partial charge in [-0.3, -0.25) is 4.98 Å². The molecule has 1 aromatic carbocycles. The molecule has 0 unspecified atom stereocenters. The lowest BCUT2D eigenvalue weighted by atomic mass is 9.93. The second-order valence-electron chi connectivity index (χ2n) is 4.30. The fraction of sp³-hybridized carbons (Fsp3) is 0.125. The van der Waals surface area contributed by atoms with Crippen molar-refractivity contribution in [2.24, 2.45) is 0 Å². The highest BCUT2D eigenvalue weighted by atomic mass is 16.4. The fourth-order valence-electron chi connectivity index (χ4n) is 2.13. The van der Waals surface area contributed by atoms with Crippen LogP contribution in [0.4, 0.5) is 0 Å². The number of aromatic hydroxyl groups is 1. The first-order valence-corrected chi connectivity index (χ1v) is 6.29. The number of carbonyl (C=O) groups is 1. The smallest absolute Gasteiger partial charge is 0.336 e. The maximum atomic E-state index is 11.6. The third-order valence-electron chi connectivity index (χ3n) is 3.05. The summed E-state index contributed by atoms with van der Waals surface area (Å²) < 4.78 is 0. The molecule has 0 atom stereocenters. The van der Waals surface area contributed by atoms with Crippen LogP contribution >= 0.6 is 0 Å². The van der Waals surface area contributed by atoms with Crippen molar-refractivity contribution in [1.82, 2.24) is 4.98 Å². The zero-order valence-corrected chi connectivity index (χ0v) is 11.1. The second kappa shape index (κ2) is 6.02. The molecule has 0 aliphatic carbocycles. The van der Waals surface area contributed by atoms with Gasteiger partial charge in [0.15, 0.2) is 0 Å². The summed E-state index contributed by atoms with van der Waals surface area (Å²) in [6, 6.07) is 9.77. The van der Waals surface area contributed by atoms with Gasteiger partial charge in [0.1, 0.15) is 5.75 Å². The number of carboxylic acid groups (broad SMARTS) is 1. The van der Waals surface area contributed by atoms with E-state index in [1.165, 1.54) is 12.1 Å². The lowest BCUT2D eigenvalue weighted by molar-refractivity contribution is -0.130. The van der Waals surface area contributed by atoms with Crippen LogP contribution in [0, 0.1) is 0 Å². The third-order valence-corrected chi connectivity index (χ3v) is 3.05. The minimum absolute atomic E-state index is 0.112. The van der Waals surface area contributed by atoms with Crippen LogP contribution in [0.25, 0.3) is 11.1 Å². The first-order valence-electron chi connectivity index (χ1n) is 6.29. The molecule has 102 valence electrons. The molecule has 0 amide bonds. The predicted molar refractivity (Wildman–Crippen MR) is 77.1 cm³/mol. The number of aliphatic carboxylic acids is 1. The van der Waals surface area contributed by atoms with Crippen molar-refractivity contribution in [2.45, 2.75) is 13.3 Å². The molecule has 4 heteroatoms. The first kappa shape index (κ1) is 13.8. The topological polar surface area (TPSA) is 70.4 Å². The largest absolute Gasteiger partial charge is 0.508 e.